The molecule has 172 valence electrons. The van der Waals surface area contributed by atoms with Crippen LogP contribution in [0.5, 0.6) is 11.8 Å². The summed E-state index contributed by atoms with van der Waals surface area (Å²) in [6.45, 7) is 3.70. The SMILES string of the molecule is Cc1cc(N2C[C@H]3CC[C@@H](C2)C3Nc2nc(Oc3ccc(F)c(Cl)c3)n(/C=C/F)n2)ncn1. The first-order valence-corrected chi connectivity index (χ1v) is 11.0. The van der Waals surface area contributed by atoms with Gasteiger partial charge in [0.1, 0.15) is 30.0 Å². The Hall–Kier alpha value is -3.27. The van der Waals surface area contributed by atoms with E-state index in [4.69, 9.17) is 16.3 Å². The third-order valence-electron chi connectivity index (χ3n) is 6.14. The normalized spacial score (nSPS) is 22.2. The van der Waals surface area contributed by atoms with Crippen LogP contribution in [0, 0.1) is 24.6 Å². The topological polar surface area (TPSA) is 81.0 Å². The van der Waals surface area contributed by atoms with E-state index < -0.39 is 5.82 Å². The molecule has 3 aromatic rings. The number of nitrogens with one attached hydrogen (secondary N) is 1. The Kier molecular flexibility index (Phi) is 5.84. The quantitative estimate of drug-likeness (QED) is 0.556. The Labute approximate surface area is 194 Å². The van der Waals surface area contributed by atoms with Crippen molar-refractivity contribution in [2.24, 2.45) is 11.8 Å². The van der Waals surface area contributed by atoms with Crippen molar-refractivity contribution in [3.63, 3.8) is 0 Å². The lowest BCUT2D eigenvalue weighted by Crippen LogP contribution is -2.48. The molecule has 1 aliphatic heterocycles. The smallest absolute Gasteiger partial charge is 0.326 e. The van der Waals surface area contributed by atoms with Gasteiger partial charge in [-0.05, 0) is 43.7 Å². The maximum absolute atomic E-state index is 13.4. The van der Waals surface area contributed by atoms with Crippen molar-refractivity contribution >= 4 is 29.6 Å². The van der Waals surface area contributed by atoms with Crippen molar-refractivity contribution < 1.29 is 13.5 Å². The number of piperidine rings is 1. The molecule has 3 heterocycles. The van der Waals surface area contributed by atoms with Crippen LogP contribution < -0.4 is 15.0 Å². The summed E-state index contributed by atoms with van der Waals surface area (Å²) in [7, 11) is 0. The molecule has 2 aromatic heterocycles. The highest BCUT2D eigenvalue weighted by Crippen LogP contribution is 2.40. The molecule has 1 N–H and O–H groups in total. The molecule has 2 aliphatic rings. The third kappa shape index (κ3) is 4.47. The zero-order valence-corrected chi connectivity index (χ0v) is 18.6. The van der Waals surface area contributed by atoms with Crippen LogP contribution in [0.25, 0.3) is 6.20 Å². The molecule has 1 unspecified atom stereocenters. The zero-order chi connectivity index (χ0) is 22.9. The Morgan fingerprint density at radius 1 is 1.18 bits per heavy atom. The number of hydrogen-bond donors (Lipinski definition) is 1. The Morgan fingerprint density at radius 3 is 2.67 bits per heavy atom. The van der Waals surface area contributed by atoms with Gasteiger partial charge in [0.2, 0.25) is 5.95 Å². The van der Waals surface area contributed by atoms with E-state index in [0.29, 0.717) is 24.1 Å². The number of benzene rings is 1. The summed E-state index contributed by atoms with van der Waals surface area (Å²) in [5, 5.41) is 7.66. The van der Waals surface area contributed by atoms with Crippen LogP contribution in [0.2, 0.25) is 5.02 Å². The monoisotopic (exact) mass is 473 g/mol. The van der Waals surface area contributed by atoms with Crippen LogP contribution in [-0.4, -0.2) is 43.9 Å². The maximum atomic E-state index is 13.4. The molecule has 8 nitrogen and oxygen atoms in total. The summed E-state index contributed by atoms with van der Waals surface area (Å²) in [6.07, 6.45) is 5.21. The number of rotatable bonds is 6. The van der Waals surface area contributed by atoms with Crippen molar-refractivity contribution in [1.82, 2.24) is 24.7 Å². The number of fused-ring (bicyclic) bond motifs is 2. The van der Waals surface area contributed by atoms with Gasteiger partial charge in [0, 0.05) is 37.0 Å². The van der Waals surface area contributed by atoms with Crippen molar-refractivity contribution in [2.45, 2.75) is 25.8 Å². The van der Waals surface area contributed by atoms with Crippen LogP contribution >= 0.6 is 11.6 Å². The number of aromatic nitrogens is 5. The largest absolute Gasteiger partial charge is 0.424 e. The maximum Gasteiger partial charge on any atom is 0.326 e. The standard InChI is InChI=1S/C22H22ClF2N7O/c1-13-8-19(27-12-26-13)31-10-14-2-3-15(11-31)20(14)28-21-29-22(32(30-21)7-6-24)33-16-4-5-18(25)17(23)9-16/h4-9,12,14-15,20H,2-3,10-11H2,1H3,(H,28,30)/b7-6+/t14-,15+,20?. The minimum absolute atomic E-state index is 0.0373. The number of aryl methyl sites for hydroxylation is 1. The summed E-state index contributed by atoms with van der Waals surface area (Å²) in [5.41, 5.74) is 0.943. The van der Waals surface area contributed by atoms with E-state index >= 15 is 0 Å². The minimum Gasteiger partial charge on any atom is -0.424 e. The van der Waals surface area contributed by atoms with Crippen molar-refractivity contribution in [3.8, 4) is 11.8 Å². The summed E-state index contributed by atoms with van der Waals surface area (Å²) < 4.78 is 33.2. The lowest BCUT2D eigenvalue weighted by Gasteiger charge is -2.38. The molecule has 2 bridgehead atoms. The molecule has 0 radical (unpaired) electrons. The molecule has 33 heavy (non-hydrogen) atoms. The Morgan fingerprint density at radius 2 is 1.97 bits per heavy atom. The minimum atomic E-state index is -0.560. The Bertz CT molecular complexity index is 1170. The zero-order valence-electron chi connectivity index (χ0n) is 17.8. The second kappa shape index (κ2) is 8.93. The van der Waals surface area contributed by atoms with Gasteiger partial charge in [-0.15, -0.1) is 5.10 Å². The van der Waals surface area contributed by atoms with Crippen molar-refractivity contribution in [1.29, 1.82) is 0 Å². The van der Waals surface area contributed by atoms with Crippen LogP contribution in [-0.2, 0) is 0 Å². The second-order valence-electron chi connectivity index (χ2n) is 8.31. The van der Waals surface area contributed by atoms with Crippen LogP contribution in [0.3, 0.4) is 0 Å². The van der Waals surface area contributed by atoms with E-state index in [1.165, 1.54) is 22.9 Å². The van der Waals surface area contributed by atoms with Crippen LogP contribution in [0.1, 0.15) is 18.5 Å². The molecule has 0 spiro atoms. The average Bonchev–Trinajstić information content (AvgIpc) is 3.26. The van der Waals surface area contributed by atoms with Gasteiger partial charge >= 0.3 is 6.01 Å². The van der Waals surface area contributed by atoms with E-state index in [1.807, 2.05) is 13.0 Å². The summed E-state index contributed by atoms with van der Waals surface area (Å²) >= 11 is 5.82. The van der Waals surface area contributed by atoms with Crippen LogP contribution in [0.4, 0.5) is 20.5 Å². The lowest BCUT2D eigenvalue weighted by molar-refractivity contribution is 0.374. The third-order valence-corrected chi connectivity index (χ3v) is 6.43. The van der Waals surface area contributed by atoms with Gasteiger partial charge < -0.3 is 15.0 Å². The van der Waals surface area contributed by atoms with Gasteiger partial charge in [-0.3, -0.25) is 0 Å². The van der Waals surface area contributed by atoms with E-state index in [-0.39, 0.29) is 22.8 Å². The first kappa shape index (κ1) is 21.6. The molecule has 0 amide bonds. The van der Waals surface area contributed by atoms with Gasteiger partial charge in [0.25, 0.3) is 0 Å². The highest BCUT2D eigenvalue weighted by molar-refractivity contribution is 6.30. The second-order valence-corrected chi connectivity index (χ2v) is 8.71. The summed E-state index contributed by atoms with van der Waals surface area (Å²) in [5.74, 6) is 1.77. The first-order valence-electron chi connectivity index (χ1n) is 10.7. The molecule has 5 rings (SSSR count). The van der Waals surface area contributed by atoms with E-state index in [1.54, 1.807) is 6.33 Å². The fraction of sp³-hybridized carbons (Fsp3) is 0.364. The Balaban J connectivity index is 1.32. The van der Waals surface area contributed by atoms with E-state index in [9.17, 15) is 8.78 Å². The molecule has 1 saturated heterocycles. The highest BCUT2D eigenvalue weighted by atomic mass is 35.5. The molecule has 3 atom stereocenters. The predicted octanol–water partition coefficient (Wildman–Crippen LogP) is 4.69. The first-order chi connectivity index (χ1) is 16.0. The van der Waals surface area contributed by atoms with Crippen molar-refractivity contribution in [3.05, 3.63) is 53.5 Å². The van der Waals surface area contributed by atoms with Gasteiger partial charge in [-0.2, -0.15) is 9.67 Å². The van der Waals surface area contributed by atoms with Gasteiger partial charge in [0.05, 0.1) is 11.2 Å². The lowest BCUT2D eigenvalue weighted by atomic mass is 9.92. The molecule has 11 heteroatoms. The fourth-order valence-electron chi connectivity index (χ4n) is 4.64. The van der Waals surface area contributed by atoms with Gasteiger partial charge in [-0.1, -0.05) is 11.6 Å². The fourth-order valence-corrected chi connectivity index (χ4v) is 4.81. The molecule has 1 aromatic carbocycles. The number of halogens is 3. The molecule has 2 fully saturated rings. The van der Waals surface area contributed by atoms with Crippen molar-refractivity contribution in [2.75, 3.05) is 23.3 Å². The number of anilines is 2. The van der Waals surface area contributed by atoms with E-state index in [2.05, 4.69) is 30.3 Å². The van der Waals surface area contributed by atoms with E-state index in [0.717, 1.165) is 43.6 Å². The summed E-state index contributed by atoms with van der Waals surface area (Å²) in [6, 6.07) is 6.15. The van der Waals surface area contributed by atoms with Crippen LogP contribution in [0.15, 0.2) is 36.9 Å². The summed E-state index contributed by atoms with van der Waals surface area (Å²) in [4.78, 5) is 15.3. The average molecular weight is 474 g/mol. The number of ether oxygens (including phenoxy) is 1. The highest BCUT2D eigenvalue weighted by Gasteiger charge is 2.43. The molecular weight excluding hydrogens is 452 g/mol. The van der Waals surface area contributed by atoms with Gasteiger partial charge in [-0.25, -0.2) is 18.7 Å². The molecule has 1 saturated carbocycles. The number of hydrogen-bond acceptors (Lipinski definition) is 7. The van der Waals surface area contributed by atoms with Gasteiger partial charge in [0.15, 0.2) is 0 Å². The number of nitrogens with zero attached hydrogens (tertiary/aromatic N) is 6. The predicted molar refractivity (Wildman–Crippen MR) is 121 cm³/mol. The molecular formula is C22H22ClF2N7O. The molecule has 1 aliphatic carbocycles.